The SMILES string of the molecule is Cc1ncsc1CN(C)S(=O)(=O)c1cc(CO)ccc1F. The zero-order valence-corrected chi connectivity index (χ0v) is 13.2. The molecule has 5 nitrogen and oxygen atoms in total. The van der Waals surface area contributed by atoms with Crippen molar-refractivity contribution in [2.75, 3.05) is 7.05 Å². The predicted octanol–water partition coefficient (Wildman–Crippen LogP) is 1.90. The van der Waals surface area contributed by atoms with Gasteiger partial charge in [-0.05, 0) is 24.6 Å². The lowest BCUT2D eigenvalue weighted by Crippen LogP contribution is -2.27. The second-order valence-corrected chi connectivity index (χ2v) is 7.50. The van der Waals surface area contributed by atoms with Gasteiger partial charge in [-0.2, -0.15) is 4.31 Å². The van der Waals surface area contributed by atoms with Crippen molar-refractivity contribution in [1.82, 2.24) is 9.29 Å². The number of sulfonamides is 1. The van der Waals surface area contributed by atoms with Crippen LogP contribution in [0.5, 0.6) is 0 Å². The second-order valence-electron chi connectivity index (χ2n) is 4.54. The van der Waals surface area contributed by atoms with Crippen molar-refractivity contribution in [2.45, 2.75) is 25.0 Å². The molecule has 0 bridgehead atoms. The molecule has 0 saturated carbocycles. The Morgan fingerprint density at radius 3 is 2.71 bits per heavy atom. The Morgan fingerprint density at radius 1 is 1.43 bits per heavy atom. The third-order valence-corrected chi connectivity index (χ3v) is 5.82. The summed E-state index contributed by atoms with van der Waals surface area (Å²) in [4.78, 5) is 4.43. The molecule has 0 atom stereocenters. The first-order valence-electron chi connectivity index (χ1n) is 6.11. The monoisotopic (exact) mass is 330 g/mol. The minimum Gasteiger partial charge on any atom is -0.392 e. The van der Waals surface area contributed by atoms with Gasteiger partial charge in [-0.1, -0.05) is 6.07 Å². The molecule has 1 aromatic carbocycles. The fourth-order valence-electron chi connectivity index (χ4n) is 1.78. The van der Waals surface area contributed by atoms with Crippen LogP contribution in [-0.2, 0) is 23.2 Å². The Balaban J connectivity index is 2.35. The van der Waals surface area contributed by atoms with E-state index in [9.17, 15) is 12.8 Å². The molecule has 0 radical (unpaired) electrons. The van der Waals surface area contributed by atoms with E-state index in [1.54, 1.807) is 12.4 Å². The summed E-state index contributed by atoms with van der Waals surface area (Å²) in [7, 11) is -2.58. The van der Waals surface area contributed by atoms with Gasteiger partial charge in [0, 0.05) is 18.5 Å². The molecule has 0 fully saturated rings. The van der Waals surface area contributed by atoms with E-state index in [0.717, 1.165) is 27.0 Å². The van der Waals surface area contributed by atoms with Gasteiger partial charge in [-0.3, -0.25) is 0 Å². The maximum absolute atomic E-state index is 13.8. The second kappa shape index (κ2) is 6.18. The minimum absolute atomic E-state index is 0.127. The third-order valence-electron chi connectivity index (χ3n) is 3.08. The molecule has 2 aromatic rings. The standard InChI is InChI=1S/C13H15FN2O3S2/c1-9-12(20-8-15-9)6-16(2)21(18,19)13-5-10(7-17)3-4-11(13)14/h3-5,8,17H,6-7H2,1-2H3. The van der Waals surface area contributed by atoms with Crippen molar-refractivity contribution in [3.63, 3.8) is 0 Å². The Hall–Kier alpha value is -1.35. The van der Waals surface area contributed by atoms with Crippen molar-refractivity contribution in [3.05, 3.63) is 45.7 Å². The zero-order valence-electron chi connectivity index (χ0n) is 11.6. The average Bonchev–Trinajstić information content (AvgIpc) is 2.84. The van der Waals surface area contributed by atoms with Gasteiger partial charge >= 0.3 is 0 Å². The van der Waals surface area contributed by atoms with Gasteiger partial charge in [0.15, 0.2) is 0 Å². The Labute approximate surface area is 126 Å². The van der Waals surface area contributed by atoms with Crippen molar-refractivity contribution in [2.24, 2.45) is 0 Å². The molecule has 0 unspecified atom stereocenters. The fourth-order valence-corrected chi connectivity index (χ4v) is 3.94. The molecule has 1 N–H and O–H groups in total. The van der Waals surface area contributed by atoms with E-state index < -0.39 is 20.7 Å². The third kappa shape index (κ3) is 3.29. The molecule has 0 aliphatic rings. The van der Waals surface area contributed by atoms with Gasteiger partial charge in [0.05, 0.1) is 17.8 Å². The van der Waals surface area contributed by atoms with E-state index >= 15 is 0 Å². The van der Waals surface area contributed by atoms with Crippen LogP contribution in [0.25, 0.3) is 0 Å². The summed E-state index contributed by atoms with van der Waals surface area (Å²) >= 11 is 1.35. The summed E-state index contributed by atoms with van der Waals surface area (Å²) in [6.07, 6.45) is 0. The van der Waals surface area contributed by atoms with Crippen molar-refractivity contribution in [3.8, 4) is 0 Å². The van der Waals surface area contributed by atoms with Crippen LogP contribution in [0.2, 0.25) is 0 Å². The van der Waals surface area contributed by atoms with E-state index in [2.05, 4.69) is 4.98 Å². The van der Waals surface area contributed by atoms with Gasteiger partial charge in [0.1, 0.15) is 10.7 Å². The van der Waals surface area contributed by atoms with E-state index in [-0.39, 0.29) is 13.2 Å². The molecule has 2 rings (SSSR count). The summed E-state index contributed by atoms with van der Waals surface area (Å²) in [5, 5.41) is 9.06. The van der Waals surface area contributed by atoms with Crippen molar-refractivity contribution in [1.29, 1.82) is 0 Å². The molecule has 0 saturated heterocycles. The highest BCUT2D eigenvalue weighted by Gasteiger charge is 2.25. The van der Waals surface area contributed by atoms with Gasteiger partial charge in [-0.25, -0.2) is 17.8 Å². The van der Waals surface area contributed by atoms with Gasteiger partial charge in [0.25, 0.3) is 0 Å². The van der Waals surface area contributed by atoms with E-state index in [1.807, 2.05) is 0 Å². The first-order valence-corrected chi connectivity index (χ1v) is 8.43. The van der Waals surface area contributed by atoms with Crippen LogP contribution in [-0.4, -0.2) is 29.9 Å². The molecule has 1 aromatic heterocycles. The number of aromatic nitrogens is 1. The van der Waals surface area contributed by atoms with Crippen molar-refractivity contribution >= 4 is 21.4 Å². The van der Waals surface area contributed by atoms with E-state index in [1.165, 1.54) is 24.5 Å². The topological polar surface area (TPSA) is 70.5 Å². The summed E-state index contributed by atoms with van der Waals surface area (Å²) in [5.74, 6) is -0.833. The van der Waals surface area contributed by atoms with Gasteiger partial charge < -0.3 is 5.11 Å². The molecule has 1 heterocycles. The van der Waals surface area contributed by atoms with Crippen LogP contribution in [0.3, 0.4) is 0 Å². The van der Waals surface area contributed by atoms with Gasteiger partial charge in [0.2, 0.25) is 10.0 Å². The highest BCUT2D eigenvalue weighted by Crippen LogP contribution is 2.23. The maximum atomic E-state index is 13.8. The molecule has 0 spiro atoms. The number of aryl methyl sites for hydroxylation is 1. The average molecular weight is 330 g/mol. The number of rotatable bonds is 5. The Bertz CT molecular complexity index is 744. The number of hydrogen-bond donors (Lipinski definition) is 1. The van der Waals surface area contributed by atoms with Crippen molar-refractivity contribution < 1.29 is 17.9 Å². The number of halogens is 1. The van der Waals surface area contributed by atoms with Crippen LogP contribution in [0.15, 0.2) is 28.6 Å². The quantitative estimate of drug-likeness (QED) is 0.909. The number of hydrogen-bond acceptors (Lipinski definition) is 5. The summed E-state index contributed by atoms with van der Waals surface area (Å²) < 4.78 is 39.8. The summed E-state index contributed by atoms with van der Waals surface area (Å²) in [5.41, 5.74) is 2.74. The smallest absolute Gasteiger partial charge is 0.246 e. The molecule has 0 aliphatic heterocycles. The molecule has 0 aliphatic carbocycles. The van der Waals surface area contributed by atoms with Crippen LogP contribution < -0.4 is 0 Å². The van der Waals surface area contributed by atoms with Crippen LogP contribution in [0, 0.1) is 12.7 Å². The van der Waals surface area contributed by atoms with Crippen LogP contribution >= 0.6 is 11.3 Å². The maximum Gasteiger partial charge on any atom is 0.246 e. The van der Waals surface area contributed by atoms with Crippen LogP contribution in [0.4, 0.5) is 4.39 Å². The molecular formula is C13H15FN2O3S2. The lowest BCUT2D eigenvalue weighted by molar-refractivity contribution is 0.281. The largest absolute Gasteiger partial charge is 0.392 e. The number of aliphatic hydroxyl groups is 1. The van der Waals surface area contributed by atoms with E-state index in [4.69, 9.17) is 5.11 Å². The Morgan fingerprint density at radius 2 is 2.14 bits per heavy atom. The highest BCUT2D eigenvalue weighted by atomic mass is 32.2. The molecule has 0 amide bonds. The predicted molar refractivity (Wildman–Crippen MR) is 77.8 cm³/mol. The van der Waals surface area contributed by atoms with Gasteiger partial charge in [-0.15, -0.1) is 11.3 Å². The highest BCUT2D eigenvalue weighted by molar-refractivity contribution is 7.89. The lowest BCUT2D eigenvalue weighted by atomic mass is 10.2. The first kappa shape index (κ1) is 16.0. The lowest BCUT2D eigenvalue weighted by Gasteiger charge is -2.17. The zero-order chi connectivity index (χ0) is 15.6. The molecular weight excluding hydrogens is 315 g/mol. The number of nitrogens with zero attached hydrogens (tertiary/aromatic N) is 2. The normalized spacial score (nSPS) is 12.0. The number of aliphatic hydroxyl groups excluding tert-OH is 1. The van der Waals surface area contributed by atoms with E-state index in [0.29, 0.717) is 5.56 Å². The number of benzene rings is 1. The first-order chi connectivity index (χ1) is 9.86. The fraction of sp³-hybridized carbons (Fsp3) is 0.308. The Kier molecular flexibility index (Phi) is 4.72. The minimum atomic E-state index is -3.97. The summed E-state index contributed by atoms with van der Waals surface area (Å²) in [6.45, 7) is 1.57. The molecule has 21 heavy (non-hydrogen) atoms. The molecule has 8 heteroatoms. The molecule has 114 valence electrons. The summed E-state index contributed by atoms with van der Waals surface area (Å²) in [6, 6.07) is 3.55. The number of thiazole rings is 1. The van der Waals surface area contributed by atoms with Crippen LogP contribution in [0.1, 0.15) is 16.1 Å².